The molecule has 0 aliphatic heterocycles. The molecule has 1 rings (SSSR count). The molecule has 100 valence electrons. The van der Waals surface area contributed by atoms with E-state index in [1.54, 1.807) is 26.6 Å². The molecule has 0 aliphatic rings. The van der Waals surface area contributed by atoms with Gasteiger partial charge in [-0.2, -0.15) is 0 Å². The summed E-state index contributed by atoms with van der Waals surface area (Å²) in [5, 5.41) is 0. The minimum absolute atomic E-state index is 0.142. The summed E-state index contributed by atoms with van der Waals surface area (Å²) in [6.07, 6.45) is 3.75. The van der Waals surface area contributed by atoms with Gasteiger partial charge < -0.3 is 19.9 Å². The van der Waals surface area contributed by atoms with Gasteiger partial charge in [0.15, 0.2) is 5.82 Å². The molecule has 0 saturated carbocycles. The number of ether oxygens (including phenoxy) is 1. The molecule has 1 heterocycles. The average Bonchev–Trinajstić information content (AvgIpc) is 2.33. The number of anilines is 1. The second-order valence-electron chi connectivity index (χ2n) is 3.86. The van der Waals surface area contributed by atoms with Crippen molar-refractivity contribution in [2.45, 2.75) is 6.42 Å². The zero-order valence-corrected chi connectivity index (χ0v) is 11.4. The minimum atomic E-state index is -0.142. The van der Waals surface area contributed by atoms with Gasteiger partial charge in [0.25, 0.3) is 5.56 Å². The van der Waals surface area contributed by atoms with Crippen LogP contribution in [0.25, 0.3) is 0 Å². The van der Waals surface area contributed by atoms with Gasteiger partial charge in [0.05, 0.1) is 11.6 Å². The minimum Gasteiger partial charge on any atom is -0.393 e. The fourth-order valence-electron chi connectivity index (χ4n) is 1.47. The predicted octanol–water partition coefficient (Wildman–Crippen LogP) is -0.0907. The number of aromatic nitrogens is 2. The highest BCUT2D eigenvalue weighted by molar-refractivity contribution is 7.80. The third-order valence-electron chi connectivity index (χ3n) is 2.49. The Bertz CT molecular complexity index is 461. The first-order valence-electron chi connectivity index (χ1n) is 5.60. The second kappa shape index (κ2) is 7.07. The van der Waals surface area contributed by atoms with Crippen molar-refractivity contribution in [3.05, 3.63) is 22.7 Å². The summed E-state index contributed by atoms with van der Waals surface area (Å²) in [6, 6.07) is 0. The Hall–Kier alpha value is -1.47. The lowest BCUT2D eigenvalue weighted by molar-refractivity contribution is 0.205. The fraction of sp³-hybridized carbons (Fsp3) is 0.545. The molecule has 0 spiro atoms. The SMILES string of the molecule is COCCN(CCC(N)=S)c1nccn(C)c1=O. The van der Waals surface area contributed by atoms with E-state index in [0.29, 0.717) is 36.9 Å². The molecule has 1 aromatic heterocycles. The fourth-order valence-corrected chi connectivity index (χ4v) is 1.56. The van der Waals surface area contributed by atoms with Gasteiger partial charge in [0.2, 0.25) is 0 Å². The lowest BCUT2D eigenvalue weighted by atomic mass is 10.3. The molecule has 0 aliphatic carbocycles. The number of aryl methyl sites for hydroxylation is 1. The molecule has 0 bridgehead atoms. The summed E-state index contributed by atoms with van der Waals surface area (Å²) in [5.41, 5.74) is 5.34. The zero-order chi connectivity index (χ0) is 13.5. The molecule has 0 fully saturated rings. The Kier molecular flexibility index (Phi) is 5.73. The van der Waals surface area contributed by atoms with Gasteiger partial charge in [0.1, 0.15) is 0 Å². The van der Waals surface area contributed by atoms with E-state index >= 15 is 0 Å². The van der Waals surface area contributed by atoms with Gasteiger partial charge >= 0.3 is 0 Å². The van der Waals surface area contributed by atoms with Crippen molar-refractivity contribution in [3.63, 3.8) is 0 Å². The molecule has 18 heavy (non-hydrogen) atoms. The Labute approximate surface area is 111 Å². The van der Waals surface area contributed by atoms with E-state index < -0.39 is 0 Å². The molecule has 7 heteroatoms. The van der Waals surface area contributed by atoms with E-state index in [0.717, 1.165) is 0 Å². The maximum Gasteiger partial charge on any atom is 0.293 e. The first-order chi connectivity index (χ1) is 8.56. The maximum absolute atomic E-state index is 12.0. The van der Waals surface area contributed by atoms with Crippen LogP contribution in [0, 0.1) is 0 Å². The van der Waals surface area contributed by atoms with Crippen LogP contribution < -0.4 is 16.2 Å². The van der Waals surface area contributed by atoms with E-state index in [1.807, 2.05) is 4.90 Å². The van der Waals surface area contributed by atoms with Gasteiger partial charge in [-0.1, -0.05) is 12.2 Å². The van der Waals surface area contributed by atoms with Crippen molar-refractivity contribution >= 4 is 23.0 Å². The van der Waals surface area contributed by atoms with Crippen LogP contribution >= 0.6 is 12.2 Å². The quantitative estimate of drug-likeness (QED) is 0.698. The predicted molar refractivity (Wildman–Crippen MR) is 75.0 cm³/mol. The van der Waals surface area contributed by atoms with E-state index in [1.165, 1.54) is 4.57 Å². The van der Waals surface area contributed by atoms with E-state index in [2.05, 4.69) is 4.98 Å². The Morgan fingerprint density at radius 2 is 2.33 bits per heavy atom. The first kappa shape index (κ1) is 14.6. The lowest BCUT2D eigenvalue weighted by Crippen LogP contribution is -2.36. The molecule has 1 aromatic rings. The molecule has 2 N–H and O–H groups in total. The maximum atomic E-state index is 12.0. The van der Waals surface area contributed by atoms with E-state index in [-0.39, 0.29) is 5.56 Å². The summed E-state index contributed by atoms with van der Waals surface area (Å²) in [6.45, 7) is 1.65. The highest BCUT2D eigenvalue weighted by atomic mass is 32.1. The van der Waals surface area contributed by atoms with Crippen molar-refractivity contribution in [2.24, 2.45) is 12.8 Å². The summed E-state index contributed by atoms with van der Waals surface area (Å²) < 4.78 is 6.52. The molecule has 0 atom stereocenters. The summed E-state index contributed by atoms with van der Waals surface area (Å²) in [4.78, 5) is 18.4. The average molecular weight is 270 g/mol. The van der Waals surface area contributed by atoms with Gasteiger partial charge in [-0.3, -0.25) is 4.79 Å². The number of nitrogens with two attached hydrogens (primary N) is 1. The van der Waals surface area contributed by atoms with Crippen LogP contribution in [0.3, 0.4) is 0 Å². The van der Waals surface area contributed by atoms with Crippen LogP contribution in [0.5, 0.6) is 0 Å². The molecule has 6 nitrogen and oxygen atoms in total. The van der Waals surface area contributed by atoms with Crippen LogP contribution in [-0.2, 0) is 11.8 Å². The normalized spacial score (nSPS) is 10.3. The molecular formula is C11H18N4O2S. The highest BCUT2D eigenvalue weighted by Gasteiger charge is 2.12. The van der Waals surface area contributed by atoms with E-state index in [9.17, 15) is 4.79 Å². The van der Waals surface area contributed by atoms with Crippen molar-refractivity contribution < 1.29 is 4.74 Å². The Morgan fingerprint density at radius 1 is 1.61 bits per heavy atom. The standard InChI is InChI=1S/C11H18N4O2S/c1-14-6-4-13-10(11(14)16)15(7-8-17-2)5-3-9(12)18/h4,6H,3,5,7-8H2,1-2H3,(H2,12,18). The molecule has 0 aromatic carbocycles. The molecule has 0 amide bonds. The van der Waals surface area contributed by atoms with Crippen LogP contribution in [0.4, 0.5) is 5.82 Å². The third-order valence-corrected chi connectivity index (χ3v) is 2.70. The largest absolute Gasteiger partial charge is 0.393 e. The molecule has 0 saturated heterocycles. The third kappa shape index (κ3) is 4.08. The number of nitrogens with zero attached hydrogens (tertiary/aromatic N) is 3. The van der Waals surface area contributed by atoms with Gasteiger partial charge in [0, 0.05) is 46.1 Å². The monoisotopic (exact) mass is 270 g/mol. The van der Waals surface area contributed by atoms with E-state index in [4.69, 9.17) is 22.7 Å². The van der Waals surface area contributed by atoms with Gasteiger partial charge in [-0.25, -0.2) is 4.98 Å². The number of hydrogen-bond donors (Lipinski definition) is 1. The summed E-state index contributed by atoms with van der Waals surface area (Å²) >= 11 is 4.85. The van der Waals surface area contributed by atoms with Crippen LogP contribution in [0.1, 0.15) is 6.42 Å². The highest BCUT2D eigenvalue weighted by Crippen LogP contribution is 2.04. The van der Waals surface area contributed by atoms with Crippen molar-refractivity contribution in [1.29, 1.82) is 0 Å². The number of methoxy groups -OCH3 is 1. The van der Waals surface area contributed by atoms with Crippen LogP contribution in [0.15, 0.2) is 17.2 Å². The van der Waals surface area contributed by atoms with Crippen LogP contribution in [0.2, 0.25) is 0 Å². The van der Waals surface area contributed by atoms with Crippen molar-refractivity contribution in [1.82, 2.24) is 9.55 Å². The first-order valence-corrected chi connectivity index (χ1v) is 6.01. The molecule has 0 radical (unpaired) electrons. The Balaban J connectivity index is 2.90. The molecular weight excluding hydrogens is 252 g/mol. The molecule has 0 unspecified atom stereocenters. The topological polar surface area (TPSA) is 73.4 Å². The lowest BCUT2D eigenvalue weighted by Gasteiger charge is -2.22. The smallest absolute Gasteiger partial charge is 0.293 e. The van der Waals surface area contributed by atoms with Crippen molar-refractivity contribution in [2.75, 3.05) is 31.7 Å². The Morgan fingerprint density at radius 3 is 2.94 bits per heavy atom. The summed E-state index contributed by atoms with van der Waals surface area (Å²) in [7, 11) is 3.30. The summed E-state index contributed by atoms with van der Waals surface area (Å²) in [5.74, 6) is 0.397. The number of rotatable bonds is 7. The van der Waals surface area contributed by atoms with Gasteiger partial charge in [-0.15, -0.1) is 0 Å². The zero-order valence-electron chi connectivity index (χ0n) is 10.6. The second-order valence-corrected chi connectivity index (χ2v) is 4.39. The van der Waals surface area contributed by atoms with Crippen molar-refractivity contribution in [3.8, 4) is 0 Å². The van der Waals surface area contributed by atoms with Crippen LogP contribution in [-0.4, -0.2) is 41.3 Å². The number of hydrogen-bond acceptors (Lipinski definition) is 5. The number of thiocarbonyl (C=S) groups is 1. The van der Waals surface area contributed by atoms with Gasteiger partial charge in [-0.05, 0) is 0 Å².